The highest BCUT2D eigenvalue weighted by Gasteiger charge is 2.50. The van der Waals surface area contributed by atoms with Crippen molar-refractivity contribution in [3.05, 3.63) is 136 Å². The van der Waals surface area contributed by atoms with Crippen LogP contribution in [0.5, 0.6) is 5.75 Å². The van der Waals surface area contributed by atoms with Crippen molar-refractivity contribution in [1.82, 2.24) is 62.6 Å². The van der Waals surface area contributed by atoms with E-state index in [0.29, 0.717) is 51.7 Å². The normalized spacial score (nSPS) is 20.0. The summed E-state index contributed by atoms with van der Waals surface area (Å²) in [4.78, 5) is 176. The Morgan fingerprint density at radius 3 is 2.17 bits per heavy atom. The van der Waals surface area contributed by atoms with Gasteiger partial charge in [0.05, 0.1) is 43.9 Å². The van der Waals surface area contributed by atoms with Gasteiger partial charge in [-0.1, -0.05) is 60.7 Å². The summed E-state index contributed by atoms with van der Waals surface area (Å²) >= 11 is 0. The molecule has 30 nitrogen and oxygen atoms in total. The van der Waals surface area contributed by atoms with Crippen molar-refractivity contribution < 1.29 is 86.0 Å². The molecule has 0 spiro atoms. The van der Waals surface area contributed by atoms with E-state index in [2.05, 4.69) is 52.8 Å². The van der Waals surface area contributed by atoms with Gasteiger partial charge in [-0.2, -0.15) is 0 Å². The highest BCUT2D eigenvalue weighted by atomic mass is 19.1. The molecular weight excluding hydrogens is 1390 g/mol. The van der Waals surface area contributed by atoms with Crippen LogP contribution in [0.15, 0.2) is 97.2 Å². The van der Waals surface area contributed by atoms with Crippen molar-refractivity contribution >= 4 is 82.0 Å². The minimum absolute atomic E-state index is 0.0636. The summed E-state index contributed by atoms with van der Waals surface area (Å²) in [5.74, 6) is -8.78. The molecule has 0 radical (unpaired) electrons. The summed E-state index contributed by atoms with van der Waals surface area (Å²) in [5.41, 5.74) is 6.61. The largest absolute Gasteiger partial charge is 0.497 e. The average molecular weight is 1490 g/mol. The molecule has 4 aromatic carbocycles. The zero-order chi connectivity index (χ0) is 78.1. The standard InChI is InChI=1S/C76H100FN13O17/c1-43(78)65(95)87-58(41-83-73(103)107-75(6,7)8)67(97)84-55-35-48-13-11-14-49(33-48)39-82-61(92)42-105-59-28-32-89(70(100)57(85-66(55)96)36-50-40-80-54-24-21-51(77)37-53(50)54)64(59)69(99)88-63(44(2)106-74(3,4)5)68(98)86-56(34-46-19-22-52(104-10)23-20-46)71(101)90-31-12-29-76(90,9)72(102)79-30-27-45-15-17-47(18-16-45)38-81-60(91)25-26-62(93)94/h11,13-24,33,37,40,43-44,55-59,63-64,80H,12,25-32,34-36,38-39,41-42,78H2,1-10H3,(H,79,102)(H,81,91)(H,82,92)(H,83,103)(H,84,97)(H,85,96)(H,86,98)(H,87,95)(H,88,99)(H,93,94)/t43-,44+,55?,56-,57-,58+,59-,63-,64?,76+/m0/s1. The number of carbonyl (C=O) groups is 12. The van der Waals surface area contributed by atoms with Crippen LogP contribution in [0.4, 0.5) is 9.18 Å². The Morgan fingerprint density at radius 1 is 0.794 bits per heavy atom. The van der Waals surface area contributed by atoms with E-state index in [0.717, 1.165) is 16.0 Å². The van der Waals surface area contributed by atoms with Gasteiger partial charge in [-0.3, -0.25) is 52.7 Å². The van der Waals surface area contributed by atoms with E-state index in [1.807, 2.05) is 24.3 Å². The van der Waals surface area contributed by atoms with E-state index in [1.165, 1.54) is 50.3 Å². The lowest BCUT2D eigenvalue weighted by Crippen LogP contribution is -2.64. The monoisotopic (exact) mass is 1490 g/mol. The number of carbonyl (C=O) groups excluding carboxylic acids is 11. The zero-order valence-corrected chi connectivity index (χ0v) is 62.1. The number of aromatic nitrogens is 1. The predicted octanol–water partition coefficient (Wildman–Crippen LogP) is 2.68. The van der Waals surface area contributed by atoms with Gasteiger partial charge >= 0.3 is 12.1 Å². The number of methoxy groups -OCH3 is 1. The number of aromatic amines is 1. The summed E-state index contributed by atoms with van der Waals surface area (Å²) in [6.45, 7) is 13.6. The number of aliphatic carboxylic acids is 1. The van der Waals surface area contributed by atoms with Gasteiger partial charge in [0.15, 0.2) is 0 Å². The van der Waals surface area contributed by atoms with Crippen LogP contribution in [0.25, 0.3) is 10.9 Å². The van der Waals surface area contributed by atoms with Gasteiger partial charge in [-0.25, -0.2) is 9.18 Å². The number of carboxylic acids is 1. The number of hydrogen-bond acceptors (Lipinski definition) is 17. The molecule has 31 heteroatoms. The Bertz CT molecular complexity index is 4050. The maximum absolute atomic E-state index is 15.9. The first-order chi connectivity index (χ1) is 50.6. The minimum Gasteiger partial charge on any atom is -0.497 e. The molecule has 11 amide bonds. The van der Waals surface area contributed by atoms with E-state index in [-0.39, 0.29) is 77.7 Å². The van der Waals surface area contributed by atoms with Gasteiger partial charge in [0, 0.05) is 75.5 Å². The number of ether oxygens (including phenoxy) is 4. The molecule has 4 heterocycles. The zero-order valence-electron chi connectivity index (χ0n) is 62.1. The number of halogens is 1. The van der Waals surface area contributed by atoms with Crippen molar-refractivity contribution in [3.8, 4) is 5.75 Å². The topological polar surface area (TPSA) is 419 Å². The van der Waals surface area contributed by atoms with Crippen LogP contribution in [-0.2, 0) is 106 Å². The Hall–Kier alpha value is -10.5. The number of nitrogens with two attached hydrogens (primary N) is 1. The number of rotatable bonds is 27. The summed E-state index contributed by atoms with van der Waals surface area (Å²) < 4.78 is 38.7. The molecule has 0 saturated carbocycles. The van der Waals surface area contributed by atoms with Crippen LogP contribution < -0.4 is 58.3 Å². The highest BCUT2D eigenvalue weighted by molar-refractivity contribution is 6.00. The SMILES string of the molecule is COc1ccc(C[C@H](NC(=O)[C@@H](NC(=O)C2[C@@H]3CCN2C(=O)[C@H](Cc2c[nH]c4ccc(F)cc24)NC(=O)C(NC(=O)[C@@H](CNC(=O)OC(C)(C)C)NC(=O)[C@H](C)N)Cc2cccc(c2)CNC(=O)CO3)[C@@H](C)OC(C)(C)C)C(=O)N2CCC[C@]2(C)C(=O)NCCc2ccc(CNC(=O)CCC(=O)O)cc2)cc1. The van der Waals surface area contributed by atoms with Crippen molar-refractivity contribution in [3.63, 3.8) is 0 Å². The number of amides is 11. The molecule has 13 N–H and O–H groups in total. The van der Waals surface area contributed by atoms with Crippen molar-refractivity contribution in [1.29, 1.82) is 0 Å². The number of nitrogens with one attached hydrogen (secondary N) is 10. The Labute approximate surface area is 620 Å². The van der Waals surface area contributed by atoms with E-state index < -0.39 is 161 Å². The van der Waals surface area contributed by atoms with Crippen LogP contribution in [-0.4, -0.2) is 202 Å². The molecule has 578 valence electrons. The number of alkyl carbamates (subject to hydrolysis) is 1. The Balaban J connectivity index is 1.11. The summed E-state index contributed by atoms with van der Waals surface area (Å²) in [6, 6.07) is 14.1. The van der Waals surface area contributed by atoms with E-state index >= 15 is 28.4 Å². The smallest absolute Gasteiger partial charge is 0.407 e. The molecule has 2 saturated heterocycles. The van der Waals surface area contributed by atoms with Gasteiger partial charge in [0.2, 0.25) is 59.1 Å². The summed E-state index contributed by atoms with van der Waals surface area (Å²) in [5, 5.41) is 34.0. The molecule has 10 atom stereocenters. The first-order valence-electron chi connectivity index (χ1n) is 35.8. The molecule has 2 unspecified atom stereocenters. The van der Waals surface area contributed by atoms with E-state index in [4.69, 9.17) is 29.8 Å². The Morgan fingerprint density at radius 2 is 1.49 bits per heavy atom. The van der Waals surface area contributed by atoms with Crippen LogP contribution in [0.2, 0.25) is 0 Å². The van der Waals surface area contributed by atoms with Crippen LogP contribution >= 0.6 is 0 Å². The lowest BCUT2D eigenvalue weighted by atomic mass is 9.95. The highest BCUT2D eigenvalue weighted by Crippen LogP contribution is 2.32. The molecule has 2 fully saturated rings. The molecule has 107 heavy (non-hydrogen) atoms. The average Bonchev–Trinajstić information content (AvgIpc) is 1.72. The maximum atomic E-state index is 15.9. The lowest BCUT2D eigenvalue weighted by molar-refractivity contribution is -0.149. The first kappa shape index (κ1) is 82.1. The number of carboxylic acid groups (broad SMARTS) is 1. The second-order valence-electron chi connectivity index (χ2n) is 29.4. The quantitative estimate of drug-likeness (QED) is 0.0359. The van der Waals surface area contributed by atoms with Crippen LogP contribution in [0, 0.1) is 5.82 Å². The predicted molar refractivity (Wildman–Crippen MR) is 390 cm³/mol. The number of benzene rings is 4. The fraction of sp³-hybridized carbons (Fsp3) is 0.500. The van der Waals surface area contributed by atoms with Crippen molar-refractivity contribution in [2.24, 2.45) is 5.73 Å². The van der Waals surface area contributed by atoms with Crippen LogP contribution in [0.3, 0.4) is 0 Å². The molecule has 1 aromatic heterocycles. The van der Waals surface area contributed by atoms with Gasteiger partial charge in [0.25, 0.3) is 0 Å². The number of fused-ring (bicyclic) bond motifs is 5. The van der Waals surface area contributed by atoms with E-state index in [1.54, 1.807) is 97.0 Å². The molecular formula is C76H100FN13O17. The summed E-state index contributed by atoms with van der Waals surface area (Å²) in [7, 11) is 1.49. The molecule has 4 bridgehead atoms. The third-order valence-corrected chi connectivity index (χ3v) is 18.5. The van der Waals surface area contributed by atoms with Gasteiger partial charge in [0.1, 0.15) is 65.6 Å². The van der Waals surface area contributed by atoms with Gasteiger partial charge in [-0.05, 0) is 152 Å². The summed E-state index contributed by atoms with van der Waals surface area (Å²) in [6.07, 6.45) is -2.06. The second kappa shape index (κ2) is 36.7. The van der Waals surface area contributed by atoms with Crippen molar-refractivity contribution in [2.75, 3.05) is 39.9 Å². The second-order valence-corrected chi connectivity index (χ2v) is 29.4. The van der Waals surface area contributed by atoms with E-state index in [9.17, 15) is 33.6 Å². The fourth-order valence-corrected chi connectivity index (χ4v) is 13.0. The fourth-order valence-electron chi connectivity index (χ4n) is 13.0. The molecule has 3 aliphatic heterocycles. The van der Waals surface area contributed by atoms with Gasteiger partial charge < -0.3 is 92.4 Å². The first-order valence-corrected chi connectivity index (χ1v) is 35.8. The maximum Gasteiger partial charge on any atom is 0.407 e. The molecule has 3 aliphatic rings. The van der Waals surface area contributed by atoms with Gasteiger partial charge in [-0.15, -0.1) is 0 Å². The molecule has 0 aliphatic carbocycles. The number of H-pyrrole nitrogens is 1. The van der Waals surface area contributed by atoms with Crippen LogP contribution in [0.1, 0.15) is 128 Å². The van der Waals surface area contributed by atoms with Crippen molar-refractivity contribution in [2.45, 2.75) is 204 Å². The lowest BCUT2D eigenvalue weighted by Gasteiger charge is -2.37. The molecule has 5 aromatic rings. The Kier molecular flexibility index (Phi) is 28.1. The number of nitrogens with zero attached hydrogens (tertiary/aromatic N) is 2. The minimum atomic E-state index is -1.68. The number of hydrogen-bond donors (Lipinski definition) is 12. The molecule has 8 rings (SSSR count). The third-order valence-electron chi connectivity index (χ3n) is 18.5. The third kappa shape index (κ3) is 23.5. The number of likely N-dealkylation sites (tertiary alicyclic amines) is 1.